The minimum Gasteiger partial charge on any atom is -0.461 e. The number of halogens is 1. The highest BCUT2D eigenvalue weighted by Gasteiger charge is 2.22. The van der Waals surface area contributed by atoms with Crippen LogP contribution in [0.5, 0.6) is 0 Å². The lowest BCUT2D eigenvalue weighted by molar-refractivity contribution is -0.151. The molecule has 1 aromatic rings. The van der Waals surface area contributed by atoms with Crippen molar-refractivity contribution in [2.45, 2.75) is 45.1 Å². The van der Waals surface area contributed by atoms with Gasteiger partial charge in [-0.3, -0.25) is 9.69 Å². The third-order valence-electron chi connectivity index (χ3n) is 4.20. The number of carbonyl (C=O) groups is 1. The van der Waals surface area contributed by atoms with Crippen molar-refractivity contribution in [1.82, 2.24) is 4.90 Å². The van der Waals surface area contributed by atoms with E-state index in [1.54, 1.807) is 0 Å². The summed E-state index contributed by atoms with van der Waals surface area (Å²) in [5.41, 5.74) is 1.37. The summed E-state index contributed by atoms with van der Waals surface area (Å²) in [5.74, 6) is -0.0889. The molecule has 0 saturated carbocycles. The number of ether oxygens (including phenoxy) is 2. The standard InChI is InChI=1S/C19H29NO3.ClH/c1-2-19(21)23-18-11-6-12-20(16-18)13-15-22-14-7-10-17-8-4-3-5-9-17;/h3-5,8-9,18H,2,6-7,10-16H2,1H3;1H. The van der Waals surface area contributed by atoms with Gasteiger partial charge in [0, 0.05) is 26.1 Å². The van der Waals surface area contributed by atoms with Crippen LogP contribution in [0.4, 0.5) is 0 Å². The number of likely N-dealkylation sites (tertiary alicyclic amines) is 1. The van der Waals surface area contributed by atoms with Crippen LogP contribution in [0.15, 0.2) is 30.3 Å². The molecule has 5 heteroatoms. The van der Waals surface area contributed by atoms with Gasteiger partial charge >= 0.3 is 5.97 Å². The number of hydrogen-bond donors (Lipinski definition) is 0. The average Bonchev–Trinajstić information content (AvgIpc) is 2.59. The van der Waals surface area contributed by atoms with Gasteiger partial charge in [0.25, 0.3) is 0 Å². The van der Waals surface area contributed by atoms with Crippen molar-refractivity contribution in [2.24, 2.45) is 0 Å². The van der Waals surface area contributed by atoms with E-state index in [-0.39, 0.29) is 24.5 Å². The Morgan fingerprint density at radius 2 is 2.04 bits per heavy atom. The van der Waals surface area contributed by atoms with Crippen LogP contribution in [-0.2, 0) is 20.7 Å². The second-order valence-electron chi connectivity index (χ2n) is 6.11. The highest BCUT2D eigenvalue weighted by Crippen LogP contribution is 2.13. The Morgan fingerprint density at radius 3 is 2.79 bits per heavy atom. The molecule has 0 aromatic heterocycles. The number of esters is 1. The summed E-state index contributed by atoms with van der Waals surface area (Å²) >= 11 is 0. The van der Waals surface area contributed by atoms with Crippen LogP contribution in [0.1, 0.15) is 38.2 Å². The van der Waals surface area contributed by atoms with Crippen LogP contribution in [-0.4, -0.2) is 49.8 Å². The van der Waals surface area contributed by atoms with Crippen LogP contribution in [0.25, 0.3) is 0 Å². The average molecular weight is 356 g/mol. The molecule has 0 amide bonds. The Labute approximate surface area is 151 Å². The predicted molar refractivity (Wildman–Crippen MR) is 98.7 cm³/mol. The number of carbonyl (C=O) groups excluding carboxylic acids is 1. The van der Waals surface area contributed by atoms with E-state index in [9.17, 15) is 4.79 Å². The molecule has 0 aliphatic carbocycles. The van der Waals surface area contributed by atoms with Gasteiger partial charge in [-0.05, 0) is 37.8 Å². The maximum atomic E-state index is 11.4. The summed E-state index contributed by atoms with van der Waals surface area (Å²) in [6.45, 7) is 6.24. The zero-order valence-electron chi connectivity index (χ0n) is 14.6. The summed E-state index contributed by atoms with van der Waals surface area (Å²) in [4.78, 5) is 13.7. The van der Waals surface area contributed by atoms with Crippen LogP contribution >= 0.6 is 12.4 Å². The smallest absolute Gasteiger partial charge is 0.305 e. The molecule has 0 spiro atoms. The van der Waals surface area contributed by atoms with Crippen LogP contribution < -0.4 is 0 Å². The summed E-state index contributed by atoms with van der Waals surface area (Å²) < 4.78 is 11.2. The fourth-order valence-electron chi connectivity index (χ4n) is 2.90. The van der Waals surface area contributed by atoms with Gasteiger partial charge in [0.1, 0.15) is 6.10 Å². The topological polar surface area (TPSA) is 38.8 Å². The lowest BCUT2D eigenvalue weighted by Crippen LogP contribution is -2.42. The van der Waals surface area contributed by atoms with Gasteiger partial charge in [0.05, 0.1) is 6.61 Å². The minimum absolute atomic E-state index is 0. The number of aryl methyl sites for hydroxylation is 1. The minimum atomic E-state index is -0.0889. The van der Waals surface area contributed by atoms with Gasteiger partial charge < -0.3 is 9.47 Å². The van der Waals surface area contributed by atoms with Gasteiger partial charge in [0.2, 0.25) is 0 Å². The second kappa shape index (κ2) is 12.3. The first-order valence-corrected chi connectivity index (χ1v) is 8.81. The van der Waals surface area contributed by atoms with Gasteiger partial charge in [0.15, 0.2) is 0 Å². The maximum absolute atomic E-state index is 11.4. The molecule has 4 nitrogen and oxygen atoms in total. The first-order chi connectivity index (χ1) is 11.3. The van der Waals surface area contributed by atoms with Crippen molar-refractivity contribution in [1.29, 1.82) is 0 Å². The molecule has 136 valence electrons. The molecule has 1 atom stereocenters. The van der Waals surface area contributed by atoms with Gasteiger partial charge in [-0.25, -0.2) is 0 Å². The zero-order valence-corrected chi connectivity index (χ0v) is 15.4. The Morgan fingerprint density at radius 1 is 1.25 bits per heavy atom. The number of benzene rings is 1. The number of hydrogen-bond acceptors (Lipinski definition) is 4. The monoisotopic (exact) mass is 355 g/mol. The van der Waals surface area contributed by atoms with Crippen molar-refractivity contribution in [3.8, 4) is 0 Å². The summed E-state index contributed by atoms with van der Waals surface area (Å²) in [5, 5.41) is 0. The van der Waals surface area contributed by atoms with Gasteiger partial charge in [-0.2, -0.15) is 0 Å². The van der Waals surface area contributed by atoms with Crippen LogP contribution in [0, 0.1) is 0 Å². The Kier molecular flexibility index (Phi) is 10.7. The molecule has 1 fully saturated rings. The van der Waals surface area contributed by atoms with Crippen molar-refractivity contribution >= 4 is 18.4 Å². The van der Waals surface area contributed by atoms with E-state index in [1.165, 1.54) is 5.56 Å². The second-order valence-corrected chi connectivity index (χ2v) is 6.11. The Bertz CT molecular complexity index is 455. The molecule has 1 aliphatic rings. The van der Waals surface area contributed by atoms with E-state index in [2.05, 4.69) is 29.2 Å². The molecule has 2 rings (SSSR count). The Hall–Kier alpha value is -1.10. The summed E-state index contributed by atoms with van der Waals surface area (Å²) in [7, 11) is 0. The largest absolute Gasteiger partial charge is 0.461 e. The third kappa shape index (κ3) is 8.13. The van der Waals surface area contributed by atoms with Crippen molar-refractivity contribution in [2.75, 3.05) is 32.8 Å². The molecule has 0 N–H and O–H groups in total. The van der Waals surface area contributed by atoms with Crippen LogP contribution in [0.3, 0.4) is 0 Å². The fourth-order valence-corrected chi connectivity index (χ4v) is 2.90. The first-order valence-electron chi connectivity index (χ1n) is 8.81. The summed E-state index contributed by atoms with van der Waals surface area (Å²) in [6.07, 6.45) is 4.73. The lowest BCUT2D eigenvalue weighted by atomic mass is 10.1. The van der Waals surface area contributed by atoms with Crippen molar-refractivity contribution < 1.29 is 14.3 Å². The SMILES string of the molecule is CCC(=O)OC1CCCN(CCOCCCc2ccccc2)C1.Cl. The van der Waals surface area contributed by atoms with E-state index in [4.69, 9.17) is 9.47 Å². The van der Waals surface area contributed by atoms with Crippen LogP contribution in [0.2, 0.25) is 0 Å². The van der Waals surface area contributed by atoms with Crippen molar-refractivity contribution in [3.05, 3.63) is 35.9 Å². The molecular formula is C19H30ClNO3. The quantitative estimate of drug-likeness (QED) is 0.502. The van der Waals surface area contributed by atoms with E-state index in [0.29, 0.717) is 6.42 Å². The van der Waals surface area contributed by atoms with E-state index in [1.807, 2.05) is 13.0 Å². The van der Waals surface area contributed by atoms with E-state index >= 15 is 0 Å². The molecular weight excluding hydrogens is 326 g/mol. The van der Waals surface area contributed by atoms with Gasteiger partial charge in [-0.15, -0.1) is 12.4 Å². The van der Waals surface area contributed by atoms with Crippen molar-refractivity contribution in [3.63, 3.8) is 0 Å². The number of rotatable bonds is 9. The number of nitrogens with zero attached hydrogens (tertiary/aromatic N) is 1. The zero-order chi connectivity index (χ0) is 16.3. The molecule has 1 aliphatic heterocycles. The molecule has 24 heavy (non-hydrogen) atoms. The lowest BCUT2D eigenvalue weighted by Gasteiger charge is -2.32. The molecule has 1 aromatic carbocycles. The molecule has 1 unspecified atom stereocenters. The predicted octanol–water partition coefficient (Wildman–Crippen LogP) is 3.48. The molecule has 0 radical (unpaired) electrons. The maximum Gasteiger partial charge on any atom is 0.305 e. The molecule has 0 bridgehead atoms. The highest BCUT2D eigenvalue weighted by molar-refractivity contribution is 5.85. The Balaban J connectivity index is 0.00000288. The fraction of sp³-hybridized carbons (Fsp3) is 0.632. The first kappa shape index (κ1) is 20.9. The highest BCUT2D eigenvalue weighted by atomic mass is 35.5. The van der Waals surface area contributed by atoms with E-state index < -0.39 is 0 Å². The third-order valence-corrected chi connectivity index (χ3v) is 4.20. The molecule has 1 saturated heterocycles. The normalized spacial score (nSPS) is 18.0. The number of piperidine rings is 1. The summed E-state index contributed by atoms with van der Waals surface area (Å²) in [6, 6.07) is 10.5. The van der Waals surface area contributed by atoms with Gasteiger partial charge in [-0.1, -0.05) is 37.3 Å². The molecule has 1 heterocycles. The van der Waals surface area contributed by atoms with E-state index in [0.717, 1.165) is 58.5 Å².